The molecule has 2 rings (SSSR count). The van der Waals surface area contributed by atoms with E-state index < -0.39 is 20.7 Å². The highest BCUT2D eigenvalue weighted by Crippen LogP contribution is 2.24. The van der Waals surface area contributed by atoms with Crippen molar-refractivity contribution in [2.24, 2.45) is 0 Å². The van der Waals surface area contributed by atoms with Crippen molar-refractivity contribution in [2.45, 2.75) is 12.7 Å². The van der Waals surface area contributed by atoms with Crippen molar-refractivity contribution in [3.8, 4) is 0 Å². The number of benzene rings is 2. The highest BCUT2D eigenvalue weighted by Gasteiger charge is 2.20. The number of anilines is 1. The fourth-order valence-electron chi connectivity index (χ4n) is 1.96. The van der Waals surface area contributed by atoms with Crippen LogP contribution in [-0.2, 0) is 15.8 Å². The number of hydrogen-bond donors (Lipinski definition) is 1. The van der Waals surface area contributed by atoms with Crippen LogP contribution in [0.2, 0.25) is 5.02 Å². The number of nitro groups is 1. The van der Waals surface area contributed by atoms with E-state index in [1.807, 2.05) is 0 Å². The molecule has 0 saturated heterocycles. The maximum Gasteiger partial charge on any atom is 0.273 e. The van der Waals surface area contributed by atoms with Gasteiger partial charge in [-0.3, -0.25) is 14.8 Å². The van der Waals surface area contributed by atoms with Gasteiger partial charge >= 0.3 is 0 Å². The molecular formula is C14H13ClN2O4S. The first-order valence-electron chi connectivity index (χ1n) is 6.27. The molecule has 0 heterocycles. The number of rotatable bonds is 5. The predicted octanol–water partition coefficient (Wildman–Crippen LogP) is 3.50. The molecule has 0 spiro atoms. The minimum absolute atomic E-state index is 0.131. The van der Waals surface area contributed by atoms with E-state index >= 15 is 0 Å². The zero-order valence-corrected chi connectivity index (χ0v) is 13.2. The molecule has 0 aliphatic rings. The van der Waals surface area contributed by atoms with Gasteiger partial charge in [0.15, 0.2) is 0 Å². The summed E-state index contributed by atoms with van der Waals surface area (Å²) in [5.41, 5.74) is 0.967. The molecule has 0 fully saturated rings. The molecule has 0 aromatic heterocycles. The third-order valence-corrected chi connectivity index (χ3v) is 4.44. The molecule has 8 heteroatoms. The molecule has 6 nitrogen and oxygen atoms in total. The van der Waals surface area contributed by atoms with E-state index in [1.54, 1.807) is 31.2 Å². The average molecular weight is 341 g/mol. The van der Waals surface area contributed by atoms with Gasteiger partial charge in [0.1, 0.15) is 5.75 Å². The van der Waals surface area contributed by atoms with E-state index in [4.69, 9.17) is 11.6 Å². The van der Waals surface area contributed by atoms with Crippen LogP contribution in [0.15, 0.2) is 42.5 Å². The summed E-state index contributed by atoms with van der Waals surface area (Å²) in [5.74, 6) is -0.480. The lowest BCUT2D eigenvalue weighted by atomic mass is 10.2. The Morgan fingerprint density at radius 3 is 2.55 bits per heavy atom. The SMILES string of the molecule is Cc1cc(Cl)ccc1NS(=O)(=O)Cc1ccccc1[N+](=O)[O-]. The third kappa shape index (κ3) is 3.96. The second-order valence-corrected chi connectivity index (χ2v) is 6.86. The number of nitrogens with zero attached hydrogens (tertiary/aromatic N) is 1. The van der Waals surface area contributed by atoms with Gasteiger partial charge in [-0.15, -0.1) is 0 Å². The highest BCUT2D eigenvalue weighted by atomic mass is 35.5. The summed E-state index contributed by atoms with van der Waals surface area (Å²) in [6.45, 7) is 1.72. The van der Waals surface area contributed by atoms with E-state index in [9.17, 15) is 18.5 Å². The first-order chi connectivity index (χ1) is 10.3. The second kappa shape index (κ2) is 6.33. The van der Waals surface area contributed by atoms with Crippen LogP contribution in [0.5, 0.6) is 0 Å². The Hall–Kier alpha value is -2.12. The average Bonchev–Trinajstić information content (AvgIpc) is 2.42. The molecule has 22 heavy (non-hydrogen) atoms. The lowest BCUT2D eigenvalue weighted by Crippen LogP contribution is -2.16. The van der Waals surface area contributed by atoms with E-state index in [-0.39, 0.29) is 11.3 Å². The van der Waals surface area contributed by atoms with Crippen molar-refractivity contribution in [1.29, 1.82) is 0 Å². The van der Waals surface area contributed by atoms with Crippen LogP contribution in [0.4, 0.5) is 11.4 Å². The molecule has 0 unspecified atom stereocenters. The van der Waals surface area contributed by atoms with Gasteiger partial charge in [-0.25, -0.2) is 8.42 Å². The second-order valence-electron chi connectivity index (χ2n) is 4.71. The molecule has 0 radical (unpaired) electrons. The maximum atomic E-state index is 12.2. The van der Waals surface area contributed by atoms with Crippen LogP contribution in [0, 0.1) is 17.0 Å². The Labute approximate surface area is 132 Å². The number of para-hydroxylation sites is 1. The quantitative estimate of drug-likeness (QED) is 0.666. The number of hydrogen-bond acceptors (Lipinski definition) is 4. The molecule has 116 valence electrons. The van der Waals surface area contributed by atoms with E-state index in [1.165, 1.54) is 18.2 Å². The van der Waals surface area contributed by atoms with Crippen molar-refractivity contribution in [1.82, 2.24) is 0 Å². The largest absolute Gasteiger partial charge is 0.283 e. The van der Waals surface area contributed by atoms with Crippen LogP contribution in [0.25, 0.3) is 0 Å². The van der Waals surface area contributed by atoms with E-state index in [2.05, 4.69) is 4.72 Å². The topological polar surface area (TPSA) is 89.3 Å². The lowest BCUT2D eigenvalue weighted by Gasteiger charge is -2.11. The Morgan fingerprint density at radius 1 is 1.23 bits per heavy atom. The van der Waals surface area contributed by atoms with Gasteiger partial charge in [0.2, 0.25) is 10.0 Å². The zero-order valence-electron chi connectivity index (χ0n) is 11.6. The standard InChI is InChI=1S/C14H13ClN2O4S/c1-10-8-12(15)6-7-13(10)16-22(20,21)9-11-4-2-3-5-14(11)17(18)19/h2-8,16H,9H2,1H3. The predicted molar refractivity (Wildman–Crippen MR) is 85.5 cm³/mol. The Kier molecular flexibility index (Phi) is 4.68. The van der Waals surface area contributed by atoms with Crippen molar-refractivity contribution in [3.05, 3.63) is 68.7 Å². The number of nitro benzene ring substituents is 1. The molecule has 0 amide bonds. The van der Waals surface area contributed by atoms with Gasteiger partial charge in [-0.2, -0.15) is 0 Å². The van der Waals surface area contributed by atoms with Crippen LogP contribution in [0.3, 0.4) is 0 Å². The molecule has 2 aromatic rings. The first kappa shape index (κ1) is 16.3. The summed E-state index contributed by atoms with van der Waals surface area (Å²) in [6, 6.07) is 10.5. The fraction of sp³-hybridized carbons (Fsp3) is 0.143. The number of nitrogens with one attached hydrogen (secondary N) is 1. The minimum atomic E-state index is -3.78. The summed E-state index contributed by atoms with van der Waals surface area (Å²) in [7, 11) is -3.78. The van der Waals surface area contributed by atoms with Crippen molar-refractivity contribution < 1.29 is 13.3 Å². The summed E-state index contributed by atoms with van der Waals surface area (Å²) in [4.78, 5) is 10.3. The first-order valence-corrected chi connectivity index (χ1v) is 8.30. The monoisotopic (exact) mass is 340 g/mol. The summed E-state index contributed by atoms with van der Waals surface area (Å²) >= 11 is 5.82. The minimum Gasteiger partial charge on any atom is -0.283 e. The van der Waals surface area contributed by atoms with Crippen molar-refractivity contribution in [3.63, 3.8) is 0 Å². The Bertz CT molecular complexity index is 821. The summed E-state index contributed by atoms with van der Waals surface area (Å²) in [5, 5.41) is 11.4. The maximum absolute atomic E-state index is 12.2. The molecule has 0 saturated carbocycles. The van der Waals surface area contributed by atoms with Gasteiger partial charge < -0.3 is 0 Å². The molecular weight excluding hydrogens is 328 g/mol. The van der Waals surface area contributed by atoms with E-state index in [0.29, 0.717) is 16.3 Å². The van der Waals surface area contributed by atoms with E-state index in [0.717, 1.165) is 0 Å². The summed E-state index contributed by atoms with van der Waals surface area (Å²) in [6.07, 6.45) is 0. The summed E-state index contributed by atoms with van der Waals surface area (Å²) < 4.78 is 26.8. The Balaban J connectivity index is 2.27. The number of halogens is 1. The van der Waals surface area contributed by atoms with Gasteiger partial charge in [0.25, 0.3) is 5.69 Å². The van der Waals surface area contributed by atoms with Crippen molar-refractivity contribution >= 4 is 33.0 Å². The molecule has 0 aliphatic carbocycles. The van der Waals surface area contributed by atoms with Gasteiger partial charge in [-0.05, 0) is 30.7 Å². The van der Waals surface area contributed by atoms with Crippen molar-refractivity contribution in [2.75, 3.05) is 4.72 Å². The van der Waals surface area contributed by atoms with Crippen LogP contribution >= 0.6 is 11.6 Å². The van der Waals surface area contributed by atoms with Crippen LogP contribution in [0.1, 0.15) is 11.1 Å². The fourth-order valence-corrected chi connectivity index (χ4v) is 3.48. The van der Waals surface area contributed by atoms with Gasteiger partial charge in [-0.1, -0.05) is 29.8 Å². The van der Waals surface area contributed by atoms with Gasteiger partial charge in [0.05, 0.1) is 10.6 Å². The molecule has 2 aromatic carbocycles. The number of aryl methyl sites for hydroxylation is 1. The number of sulfonamides is 1. The molecule has 1 N–H and O–H groups in total. The normalized spacial score (nSPS) is 11.2. The zero-order chi connectivity index (χ0) is 16.3. The lowest BCUT2D eigenvalue weighted by molar-refractivity contribution is -0.385. The highest BCUT2D eigenvalue weighted by molar-refractivity contribution is 7.91. The Morgan fingerprint density at radius 2 is 1.91 bits per heavy atom. The smallest absolute Gasteiger partial charge is 0.273 e. The van der Waals surface area contributed by atoms with Crippen LogP contribution < -0.4 is 4.72 Å². The molecule has 0 atom stereocenters. The van der Waals surface area contributed by atoms with Gasteiger partial charge in [0, 0.05) is 16.7 Å². The molecule has 0 aliphatic heterocycles. The van der Waals surface area contributed by atoms with Crippen LogP contribution in [-0.4, -0.2) is 13.3 Å². The molecule has 0 bridgehead atoms. The third-order valence-electron chi connectivity index (χ3n) is 2.99.